The first-order chi connectivity index (χ1) is 8.88. The van der Waals surface area contributed by atoms with Crippen molar-refractivity contribution in [1.82, 2.24) is 5.32 Å². The zero-order valence-electron chi connectivity index (χ0n) is 11.9. The van der Waals surface area contributed by atoms with E-state index in [1.807, 2.05) is 38.1 Å². The summed E-state index contributed by atoms with van der Waals surface area (Å²) in [5.74, 6) is 0.200. The molecule has 20 heavy (non-hydrogen) atoms. The number of hydrogen-bond donors (Lipinski definition) is 2. The molecule has 1 aliphatic rings. The molecule has 1 aromatic rings. The van der Waals surface area contributed by atoms with E-state index in [1.165, 1.54) is 0 Å². The molecule has 0 heterocycles. The number of carbonyl (C=O) groups is 1. The van der Waals surface area contributed by atoms with Gasteiger partial charge >= 0.3 is 0 Å². The van der Waals surface area contributed by atoms with Crippen LogP contribution in [0.15, 0.2) is 28.7 Å². The predicted molar refractivity (Wildman–Crippen MR) is 87.9 cm³/mol. The smallest absolute Gasteiger partial charge is 0.223 e. The van der Waals surface area contributed by atoms with E-state index < -0.39 is 0 Å². The summed E-state index contributed by atoms with van der Waals surface area (Å²) in [7, 11) is 0. The lowest BCUT2D eigenvalue weighted by molar-refractivity contribution is -0.126. The number of benzene rings is 1. The average Bonchev–Trinajstić information content (AvgIpc) is 2.76. The zero-order valence-corrected chi connectivity index (χ0v) is 14.3. The molecule has 1 aromatic carbocycles. The second kappa shape index (κ2) is 6.92. The molecular weight excluding hydrogens is 340 g/mol. The van der Waals surface area contributed by atoms with Crippen LogP contribution in [-0.4, -0.2) is 11.9 Å². The number of carbonyl (C=O) groups excluding carboxylic acids is 1. The standard InChI is InChI=1S/C15H21BrN2O.ClH/c1-15(2,11-4-6-12(16)7-5-11)18-14(19)10-3-8-13(17)9-10;/h4-7,10,13H,3,8-9,17H2,1-2H3,(H,18,19);1H. The van der Waals surface area contributed by atoms with Crippen molar-refractivity contribution in [3.05, 3.63) is 34.3 Å². The molecule has 2 unspecified atom stereocenters. The molecule has 5 heteroatoms. The van der Waals surface area contributed by atoms with Crippen LogP contribution in [0.3, 0.4) is 0 Å². The quantitative estimate of drug-likeness (QED) is 0.867. The highest BCUT2D eigenvalue weighted by Crippen LogP contribution is 2.27. The summed E-state index contributed by atoms with van der Waals surface area (Å²) in [5, 5.41) is 3.14. The summed E-state index contributed by atoms with van der Waals surface area (Å²) in [4.78, 5) is 12.3. The minimum Gasteiger partial charge on any atom is -0.347 e. The van der Waals surface area contributed by atoms with Gasteiger partial charge in [0.2, 0.25) is 5.91 Å². The minimum absolute atomic E-state index is 0. The highest BCUT2D eigenvalue weighted by molar-refractivity contribution is 9.10. The van der Waals surface area contributed by atoms with Crippen molar-refractivity contribution in [3.63, 3.8) is 0 Å². The first kappa shape index (κ1) is 17.5. The van der Waals surface area contributed by atoms with Gasteiger partial charge in [0, 0.05) is 16.4 Å². The lowest BCUT2D eigenvalue weighted by Crippen LogP contribution is -2.43. The fourth-order valence-electron chi connectivity index (χ4n) is 2.60. The van der Waals surface area contributed by atoms with Crippen LogP contribution in [0.4, 0.5) is 0 Å². The van der Waals surface area contributed by atoms with Gasteiger partial charge < -0.3 is 11.1 Å². The SMILES string of the molecule is CC(C)(NC(=O)C1CCC(N)C1)c1ccc(Br)cc1.Cl. The van der Waals surface area contributed by atoms with Crippen LogP contribution >= 0.6 is 28.3 Å². The van der Waals surface area contributed by atoms with Crippen molar-refractivity contribution >= 4 is 34.2 Å². The molecule has 1 saturated carbocycles. The predicted octanol–water partition coefficient (Wildman–Crippen LogP) is 3.35. The summed E-state index contributed by atoms with van der Waals surface area (Å²) in [6, 6.07) is 8.24. The minimum atomic E-state index is -0.357. The Morgan fingerprint density at radius 2 is 1.90 bits per heavy atom. The molecule has 112 valence electrons. The Kier molecular flexibility index (Phi) is 6.05. The van der Waals surface area contributed by atoms with Crippen LogP contribution in [0.1, 0.15) is 38.7 Å². The van der Waals surface area contributed by atoms with Crippen molar-refractivity contribution < 1.29 is 4.79 Å². The molecule has 3 N–H and O–H groups in total. The van der Waals surface area contributed by atoms with Gasteiger partial charge in [0.25, 0.3) is 0 Å². The first-order valence-electron chi connectivity index (χ1n) is 6.72. The normalized spacial score (nSPS) is 22.2. The Hall–Kier alpha value is -0.580. The number of halogens is 2. The monoisotopic (exact) mass is 360 g/mol. The van der Waals surface area contributed by atoms with E-state index >= 15 is 0 Å². The van der Waals surface area contributed by atoms with Gasteiger partial charge in [-0.15, -0.1) is 12.4 Å². The Bertz CT molecular complexity index is 461. The lowest BCUT2D eigenvalue weighted by Gasteiger charge is -2.28. The molecule has 2 rings (SSSR count). The molecule has 3 nitrogen and oxygen atoms in total. The van der Waals surface area contributed by atoms with Gasteiger partial charge in [-0.1, -0.05) is 28.1 Å². The van der Waals surface area contributed by atoms with E-state index in [-0.39, 0.29) is 35.8 Å². The number of hydrogen-bond acceptors (Lipinski definition) is 2. The second-order valence-electron chi connectivity index (χ2n) is 5.89. The van der Waals surface area contributed by atoms with Gasteiger partial charge in [-0.05, 0) is 50.8 Å². The van der Waals surface area contributed by atoms with Crippen molar-refractivity contribution in [2.24, 2.45) is 11.7 Å². The third-order valence-electron chi connectivity index (χ3n) is 3.85. The van der Waals surface area contributed by atoms with Crippen LogP contribution in [0.5, 0.6) is 0 Å². The van der Waals surface area contributed by atoms with Crippen LogP contribution in [0.2, 0.25) is 0 Å². The van der Waals surface area contributed by atoms with Crippen molar-refractivity contribution in [1.29, 1.82) is 0 Å². The van der Waals surface area contributed by atoms with Crippen LogP contribution in [0, 0.1) is 5.92 Å². The highest BCUT2D eigenvalue weighted by Gasteiger charge is 2.31. The maximum Gasteiger partial charge on any atom is 0.223 e. The molecule has 0 radical (unpaired) electrons. The molecule has 1 amide bonds. The summed E-state index contributed by atoms with van der Waals surface area (Å²) in [6.07, 6.45) is 2.67. The third-order valence-corrected chi connectivity index (χ3v) is 4.37. The fourth-order valence-corrected chi connectivity index (χ4v) is 2.87. The zero-order chi connectivity index (χ0) is 14.0. The molecule has 0 aromatic heterocycles. The van der Waals surface area contributed by atoms with Crippen LogP contribution in [-0.2, 0) is 10.3 Å². The topological polar surface area (TPSA) is 55.1 Å². The van der Waals surface area contributed by atoms with E-state index in [2.05, 4.69) is 21.2 Å². The van der Waals surface area contributed by atoms with E-state index in [0.29, 0.717) is 0 Å². The largest absolute Gasteiger partial charge is 0.347 e. The van der Waals surface area contributed by atoms with E-state index in [0.717, 1.165) is 29.3 Å². The van der Waals surface area contributed by atoms with Gasteiger partial charge in [-0.25, -0.2) is 0 Å². The van der Waals surface area contributed by atoms with Gasteiger partial charge in [0.1, 0.15) is 0 Å². The van der Waals surface area contributed by atoms with Gasteiger partial charge in [0.05, 0.1) is 5.54 Å². The molecular formula is C15H22BrClN2O. The first-order valence-corrected chi connectivity index (χ1v) is 7.51. The summed E-state index contributed by atoms with van der Waals surface area (Å²) < 4.78 is 1.04. The molecule has 2 atom stereocenters. The third kappa shape index (κ3) is 4.21. The molecule has 0 saturated heterocycles. The van der Waals surface area contributed by atoms with Crippen LogP contribution in [0.25, 0.3) is 0 Å². The van der Waals surface area contributed by atoms with Crippen molar-refractivity contribution in [3.8, 4) is 0 Å². The molecule has 1 fully saturated rings. The van der Waals surface area contributed by atoms with Crippen LogP contribution < -0.4 is 11.1 Å². The second-order valence-corrected chi connectivity index (χ2v) is 6.81. The van der Waals surface area contributed by atoms with E-state index in [1.54, 1.807) is 0 Å². The average molecular weight is 362 g/mol. The molecule has 1 aliphatic carbocycles. The molecule has 0 aliphatic heterocycles. The van der Waals surface area contributed by atoms with Gasteiger partial charge in [0.15, 0.2) is 0 Å². The maximum atomic E-state index is 12.3. The maximum absolute atomic E-state index is 12.3. The van der Waals surface area contributed by atoms with Gasteiger partial charge in [-0.3, -0.25) is 4.79 Å². The van der Waals surface area contributed by atoms with Gasteiger partial charge in [-0.2, -0.15) is 0 Å². The molecule has 0 spiro atoms. The van der Waals surface area contributed by atoms with Crippen molar-refractivity contribution in [2.45, 2.75) is 44.7 Å². The Morgan fingerprint density at radius 1 is 1.30 bits per heavy atom. The Balaban J connectivity index is 0.00000200. The van der Waals surface area contributed by atoms with E-state index in [4.69, 9.17) is 5.73 Å². The number of rotatable bonds is 3. The van der Waals surface area contributed by atoms with Crippen molar-refractivity contribution in [2.75, 3.05) is 0 Å². The Morgan fingerprint density at radius 3 is 2.40 bits per heavy atom. The summed E-state index contributed by atoms with van der Waals surface area (Å²) >= 11 is 3.42. The lowest BCUT2D eigenvalue weighted by atomic mass is 9.93. The number of nitrogens with one attached hydrogen (secondary N) is 1. The van der Waals surface area contributed by atoms with E-state index in [9.17, 15) is 4.79 Å². The summed E-state index contributed by atoms with van der Waals surface area (Å²) in [5.41, 5.74) is 6.62. The fraction of sp³-hybridized carbons (Fsp3) is 0.533. The molecule has 0 bridgehead atoms. The Labute approximate surface area is 135 Å². The number of nitrogens with two attached hydrogens (primary N) is 1. The highest BCUT2D eigenvalue weighted by atomic mass is 79.9. The summed E-state index contributed by atoms with van der Waals surface area (Å²) in [6.45, 7) is 4.06. The number of amides is 1.